The Morgan fingerprint density at radius 1 is 1.04 bits per heavy atom. The maximum absolute atomic E-state index is 7.80. The van der Waals surface area contributed by atoms with Gasteiger partial charge in [0.25, 0.3) is 0 Å². The van der Waals surface area contributed by atoms with E-state index in [1.807, 2.05) is 0 Å². The Balaban J connectivity index is 1.27. The van der Waals surface area contributed by atoms with Crippen LogP contribution in [-0.2, 0) is 30.5 Å². The summed E-state index contributed by atoms with van der Waals surface area (Å²) >= 11 is 2.05. The van der Waals surface area contributed by atoms with Crippen molar-refractivity contribution in [2.24, 2.45) is 11.8 Å². The van der Waals surface area contributed by atoms with Crippen molar-refractivity contribution in [2.75, 3.05) is 0 Å². The molecule has 0 saturated carbocycles. The smallest absolute Gasteiger partial charge is 0.153 e. The molecule has 1 aromatic rings. The number of fused-ring (bicyclic) bond motifs is 6. The molecule has 3 nitrogen and oxygen atoms in total. The van der Waals surface area contributed by atoms with E-state index in [0.717, 1.165) is 32.2 Å². The SMILES string of the molecule is [2H]C([2H])([2H])[C@@H]1CCC2[C@@H]3CCCC([C@H]4Cc5c(sc6c5CCCC6)CN4)=C3O[C@@H]2N1. The molecule has 6 rings (SSSR count). The van der Waals surface area contributed by atoms with Crippen molar-refractivity contribution in [3.63, 3.8) is 0 Å². The zero-order chi connectivity index (χ0) is 20.5. The van der Waals surface area contributed by atoms with Crippen LogP contribution in [0.3, 0.4) is 0 Å². The van der Waals surface area contributed by atoms with Gasteiger partial charge in [0.15, 0.2) is 6.23 Å². The second kappa shape index (κ2) is 6.60. The third-order valence-electron chi connectivity index (χ3n) is 7.63. The molecule has 0 amide bonds. The minimum Gasteiger partial charge on any atom is -0.479 e. The van der Waals surface area contributed by atoms with Crippen molar-refractivity contribution in [1.29, 1.82) is 0 Å². The predicted molar refractivity (Wildman–Crippen MR) is 110 cm³/mol. The van der Waals surface area contributed by atoms with Crippen LogP contribution < -0.4 is 10.6 Å². The van der Waals surface area contributed by atoms with Crippen LogP contribution in [0.4, 0.5) is 0 Å². The van der Waals surface area contributed by atoms with Gasteiger partial charge in [-0.15, -0.1) is 11.3 Å². The minimum absolute atomic E-state index is 0.120. The quantitative estimate of drug-likeness (QED) is 0.747. The number of allylic oxidation sites excluding steroid dienone is 1. The zero-order valence-corrected chi connectivity index (χ0v) is 16.8. The summed E-state index contributed by atoms with van der Waals surface area (Å²) in [6.45, 7) is -0.954. The molecule has 1 aromatic heterocycles. The first-order valence-electron chi connectivity index (χ1n) is 12.5. The predicted octanol–water partition coefficient (Wildman–Crippen LogP) is 4.44. The first-order chi connectivity index (χ1) is 14.5. The lowest BCUT2D eigenvalue weighted by atomic mass is 9.75. The highest BCUT2D eigenvalue weighted by Gasteiger charge is 2.47. The molecule has 4 heteroatoms. The van der Waals surface area contributed by atoms with Gasteiger partial charge in [-0.05, 0) is 87.8 Å². The van der Waals surface area contributed by atoms with E-state index in [0.29, 0.717) is 17.9 Å². The summed E-state index contributed by atoms with van der Waals surface area (Å²) in [4.78, 5) is 3.22. The molecule has 0 spiro atoms. The van der Waals surface area contributed by atoms with Crippen LogP contribution in [0.1, 0.15) is 76.8 Å². The summed E-state index contributed by atoms with van der Waals surface area (Å²) in [6, 6.07) is -0.0508. The Labute approximate surface area is 171 Å². The summed E-state index contributed by atoms with van der Waals surface area (Å²) in [6.07, 6.45) is 11.4. The van der Waals surface area contributed by atoms with E-state index >= 15 is 0 Å². The summed E-state index contributed by atoms with van der Waals surface area (Å²) in [5, 5.41) is 7.19. The molecular weight excluding hydrogens is 352 g/mol. The van der Waals surface area contributed by atoms with Gasteiger partial charge in [-0.1, -0.05) is 0 Å². The summed E-state index contributed by atoms with van der Waals surface area (Å²) in [7, 11) is 0. The highest BCUT2D eigenvalue weighted by atomic mass is 32.1. The molecule has 1 unspecified atom stereocenters. The van der Waals surface area contributed by atoms with Gasteiger partial charge < -0.3 is 10.1 Å². The number of aryl methyl sites for hydroxylation is 1. The average Bonchev–Trinajstić information content (AvgIpc) is 3.30. The van der Waals surface area contributed by atoms with Crippen molar-refractivity contribution in [2.45, 2.75) is 95.9 Å². The van der Waals surface area contributed by atoms with Crippen LogP contribution in [0.15, 0.2) is 11.3 Å². The van der Waals surface area contributed by atoms with Gasteiger partial charge in [-0.3, -0.25) is 5.32 Å². The summed E-state index contributed by atoms with van der Waals surface area (Å²) in [5.41, 5.74) is 4.80. The third-order valence-corrected chi connectivity index (χ3v) is 8.96. The lowest BCUT2D eigenvalue weighted by molar-refractivity contribution is 0.0575. The number of hydrogen-bond donors (Lipinski definition) is 2. The Hall–Kier alpha value is -0.840. The number of nitrogens with one attached hydrogen (secondary N) is 2. The highest BCUT2D eigenvalue weighted by molar-refractivity contribution is 7.12. The Morgan fingerprint density at radius 3 is 2.96 bits per heavy atom. The number of thiophene rings is 1. The maximum atomic E-state index is 7.80. The highest BCUT2D eigenvalue weighted by Crippen LogP contribution is 2.48. The number of rotatable bonds is 1. The van der Waals surface area contributed by atoms with E-state index in [4.69, 9.17) is 8.85 Å². The van der Waals surface area contributed by atoms with Crippen LogP contribution in [0.25, 0.3) is 0 Å². The average molecular weight is 388 g/mol. The van der Waals surface area contributed by atoms with Gasteiger partial charge in [-0.2, -0.15) is 0 Å². The van der Waals surface area contributed by atoms with E-state index in [2.05, 4.69) is 22.0 Å². The molecule has 2 saturated heterocycles. The zero-order valence-electron chi connectivity index (χ0n) is 19.0. The molecule has 4 heterocycles. The van der Waals surface area contributed by atoms with Crippen molar-refractivity contribution in [3.8, 4) is 0 Å². The minimum atomic E-state index is -1.95. The molecule has 0 aromatic carbocycles. The van der Waals surface area contributed by atoms with Gasteiger partial charge in [-0.25, -0.2) is 0 Å². The fourth-order valence-electron chi connectivity index (χ4n) is 6.31. The van der Waals surface area contributed by atoms with Crippen molar-refractivity contribution < 1.29 is 8.85 Å². The van der Waals surface area contributed by atoms with Gasteiger partial charge >= 0.3 is 0 Å². The fraction of sp³-hybridized carbons (Fsp3) is 0.739. The van der Waals surface area contributed by atoms with Crippen LogP contribution >= 0.6 is 11.3 Å². The molecule has 5 atom stereocenters. The number of ether oxygens (including phenoxy) is 1. The summed E-state index contributed by atoms with van der Waals surface area (Å²) in [5.74, 6) is 2.12. The van der Waals surface area contributed by atoms with Crippen molar-refractivity contribution in [3.05, 3.63) is 32.2 Å². The van der Waals surface area contributed by atoms with Gasteiger partial charge in [0.05, 0.1) is 0 Å². The van der Waals surface area contributed by atoms with E-state index < -0.39 is 12.9 Å². The molecule has 5 aliphatic rings. The summed E-state index contributed by atoms with van der Waals surface area (Å²) < 4.78 is 29.9. The van der Waals surface area contributed by atoms with E-state index in [1.165, 1.54) is 49.9 Å². The largest absolute Gasteiger partial charge is 0.479 e. The Kier molecular flexibility index (Phi) is 3.47. The lowest BCUT2D eigenvalue weighted by Gasteiger charge is -2.33. The number of hydrogen-bond acceptors (Lipinski definition) is 4. The first-order valence-corrected chi connectivity index (χ1v) is 11.8. The molecule has 3 aliphatic heterocycles. The van der Waals surface area contributed by atoms with Gasteiger partial charge in [0.2, 0.25) is 0 Å². The molecule has 2 N–H and O–H groups in total. The fourth-order valence-corrected chi connectivity index (χ4v) is 7.69. The second-order valence-electron chi connectivity index (χ2n) is 9.14. The van der Waals surface area contributed by atoms with Crippen LogP contribution in [0.2, 0.25) is 0 Å². The molecule has 2 aliphatic carbocycles. The molecular formula is C23H32N2OS. The lowest BCUT2D eigenvalue weighted by Crippen LogP contribution is -2.45. The number of piperidine rings is 1. The van der Waals surface area contributed by atoms with E-state index in [-0.39, 0.29) is 6.23 Å². The normalized spacial score (nSPS) is 40.0. The topological polar surface area (TPSA) is 33.3 Å². The molecule has 27 heavy (non-hydrogen) atoms. The standard InChI is InChI=1S/C23H32N2OS/c1-13-9-10-16-15-6-4-7-17(22(15)26-23(16)25-13)19-11-18-14-5-2-3-8-20(14)27-21(18)12-24-19/h13,15-16,19,23-25H,2-12H2,1H3/t13-,15+,16?,19-,23+/m1/s1/i1D3. The van der Waals surface area contributed by atoms with Crippen molar-refractivity contribution in [1.82, 2.24) is 10.6 Å². The van der Waals surface area contributed by atoms with Crippen molar-refractivity contribution >= 4 is 11.3 Å². The van der Waals surface area contributed by atoms with Gasteiger partial charge in [0.1, 0.15) is 5.76 Å². The van der Waals surface area contributed by atoms with Crippen LogP contribution in [0.5, 0.6) is 0 Å². The van der Waals surface area contributed by atoms with Gasteiger partial charge in [0, 0.05) is 44.3 Å². The van der Waals surface area contributed by atoms with E-state index in [9.17, 15) is 0 Å². The van der Waals surface area contributed by atoms with Crippen LogP contribution in [-0.4, -0.2) is 18.3 Å². The molecule has 2 fully saturated rings. The second-order valence-corrected chi connectivity index (χ2v) is 10.3. The third kappa shape index (κ3) is 2.74. The van der Waals surface area contributed by atoms with E-state index in [1.54, 1.807) is 20.9 Å². The Bertz CT molecular complexity index is 877. The molecule has 0 bridgehead atoms. The monoisotopic (exact) mass is 387 g/mol. The maximum Gasteiger partial charge on any atom is 0.153 e. The molecule has 0 radical (unpaired) electrons. The van der Waals surface area contributed by atoms with Crippen LogP contribution in [0, 0.1) is 11.8 Å². The molecule has 146 valence electrons. The first kappa shape index (κ1) is 14.2. The Morgan fingerprint density at radius 2 is 2.00 bits per heavy atom.